The van der Waals surface area contributed by atoms with Gasteiger partial charge in [-0.15, -0.1) is 0 Å². The molecule has 3 heterocycles. The molecule has 0 unspecified atom stereocenters. The Labute approximate surface area is 127 Å². The maximum absolute atomic E-state index is 12.6. The molecule has 0 N–H and O–H groups in total. The molecule has 3 aromatic rings. The van der Waals surface area contributed by atoms with Crippen LogP contribution in [0.4, 0.5) is 11.6 Å². The lowest BCUT2D eigenvalue weighted by Crippen LogP contribution is -2.43. The molecular weight excluding hydrogens is 280 g/mol. The van der Waals surface area contributed by atoms with E-state index >= 15 is 0 Å². The fourth-order valence-electron chi connectivity index (χ4n) is 2.61. The number of amides is 1. The third-order valence-corrected chi connectivity index (χ3v) is 3.79. The lowest BCUT2D eigenvalue weighted by Gasteiger charge is -2.33. The van der Waals surface area contributed by atoms with E-state index in [4.69, 9.17) is 4.42 Å². The molecule has 1 aliphatic heterocycles. The maximum atomic E-state index is 12.6. The number of fused-ring (bicyclic) bond motifs is 2. The summed E-state index contributed by atoms with van der Waals surface area (Å²) in [5.74, 6) is 1.41. The monoisotopic (exact) mass is 294 g/mol. The summed E-state index contributed by atoms with van der Waals surface area (Å²) in [4.78, 5) is 25.5. The molecule has 6 nitrogen and oxygen atoms in total. The predicted octanol–water partition coefficient (Wildman–Crippen LogP) is 2.32. The van der Waals surface area contributed by atoms with Gasteiger partial charge < -0.3 is 9.32 Å². The zero-order chi connectivity index (χ0) is 15.1. The van der Waals surface area contributed by atoms with E-state index in [-0.39, 0.29) is 5.91 Å². The van der Waals surface area contributed by atoms with Gasteiger partial charge in [-0.3, -0.25) is 9.69 Å². The molecule has 6 heteroatoms. The summed E-state index contributed by atoms with van der Waals surface area (Å²) in [5.41, 5.74) is 1.59. The minimum atomic E-state index is -0.191. The Bertz CT molecular complexity index is 844. The number of carbonyl (C=O) groups is 1. The molecule has 110 valence electrons. The SMILES string of the molecule is CN1CCN(C(=O)c2ccco2)c2nc3ccccc3nc21. The zero-order valence-corrected chi connectivity index (χ0v) is 12.1. The summed E-state index contributed by atoms with van der Waals surface area (Å²) in [7, 11) is 1.96. The topological polar surface area (TPSA) is 62.5 Å². The Morgan fingerprint density at radius 3 is 2.45 bits per heavy atom. The van der Waals surface area contributed by atoms with Gasteiger partial charge in [0.2, 0.25) is 0 Å². The molecule has 0 spiro atoms. The molecule has 1 amide bonds. The molecule has 0 radical (unpaired) electrons. The van der Waals surface area contributed by atoms with Crippen LogP contribution in [0.2, 0.25) is 0 Å². The average molecular weight is 294 g/mol. The van der Waals surface area contributed by atoms with Crippen LogP contribution in [0.3, 0.4) is 0 Å². The lowest BCUT2D eigenvalue weighted by atomic mass is 10.2. The summed E-state index contributed by atoms with van der Waals surface area (Å²) in [6.45, 7) is 1.25. The molecule has 0 atom stereocenters. The van der Waals surface area contributed by atoms with Crippen molar-refractivity contribution in [3.63, 3.8) is 0 Å². The minimum Gasteiger partial charge on any atom is -0.459 e. The number of hydrogen-bond donors (Lipinski definition) is 0. The number of furan rings is 1. The maximum Gasteiger partial charge on any atom is 0.295 e. The van der Waals surface area contributed by atoms with Crippen molar-refractivity contribution in [2.75, 3.05) is 29.9 Å². The van der Waals surface area contributed by atoms with Gasteiger partial charge in [0.1, 0.15) is 0 Å². The van der Waals surface area contributed by atoms with Gasteiger partial charge in [0.05, 0.1) is 17.3 Å². The van der Waals surface area contributed by atoms with Crippen LogP contribution in [0.5, 0.6) is 0 Å². The number of nitrogens with zero attached hydrogens (tertiary/aromatic N) is 4. The molecule has 0 bridgehead atoms. The predicted molar refractivity (Wildman–Crippen MR) is 83.2 cm³/mol. The Hall–Kier alpha value is -2.89. The molecule has 0 fully saturated rings. The van der Waals surface area contributed by atoms with E-state index < -0.39 is 0 Å². The van der Waals surface area contributed by atoms with Crippen LogP contribution >= 0.6 is 0 Å². The Morgan fingerprint density at radius 1 is 1.05 bits per heavy atom. The number of para-hydroxylation sites is 2. The first-order chi connectivity index (χ1) is 10.7. The average Bonchev–Trinajstić information content (AvgIpc) is 3.08. The van der Waals surface area contributed by atoms with Gasteiger partial charge in [0.25, 0.3) is 5.91 Å². The highest BCUT2D eigenvalue weighted by molar-refractivity contribution is 6.06. The highest BCUT2D eigenvalue weighted by Gasteiger charge is 2.30. The molecule has 0 saturated carbocycles. The number of carbonyl (C=O) groups excluding carboxylic acids is 1. The molecule has 0 saturated heterocycles. The van der Waals surface area contributed by atoms with E-state index in [1.165, 1.54) is 6.26 Å². The van der Waals surface area contributed by atoms with Crippen LogP contribution in [0.1, 0.15) is 10.6 Å². The van der Waals surface area contributed by atoms with Gasteiger partial charge in [0, 0.05) is 20.1 Å². The summed E-state index contributed by atoms with van der Waals surface area (Å²) in [5, 5.41) is 0. The molecule has 1 aliphatic rings. The van der Waals surface area contributed by atoms with E-state index in [2.05, 4.69) is 9.97 Å². The first-order valence-corrected chi connectivity index (χ1v) is 7.07. The van der Waals surface area contributed by atoms with Gasteiger partial charge in [0.15, 0.2) is 17.4 Å². The summed E-state index contributed by atoms with van der Waals surface area (Å²) in [6, 6.07) is 11.0. The van der Waals surface area contributed by atoms with Gasteiger partial charge in [-0.25, -0.2) is 9.97 Å². The second kappa shape index (κ2) is 4.84. The van der Waals surface area contributed by atoms with Gasteiger partial charge in [-0.2, -0.15) is 0 Å². The van der Waals surface area contributed by atoms with E-state index in [1.54, 1.807) is 17.0 Å². The normalized spacial score (nSPS) is 14.2. The quantitative estimate of drug-likeness (QED) is 0.689. The van der Waals surface area contributed by atoms with Crippen molar-refractivity contribution >= 4 is 28.6 Å². The van der Waals surface area contributed by atoms with Crippen LogP contribution < -0.4 is 9.80 Å². The van der Waals surface area contributed by atoms with E-state index in [9.17, 15) is 4.79 Å². The molecule has 0 aliphatic carbocycles. The highest BCUT2D eigenvalue weighted by atomic mass is 16.3. The van der Waals surface area contributed by atoms with Crippen LogP contribution in [0, 0.1) is 0 Å². The summed E-state index contributed by atoms with van der Waals surface area (Å²) < 4.78 is 5.22. The summed E-state index contributed by atoms with van der Waals surface area (Å²) >= 11 is 0. The Morgan fingerprint density at radius 2 is 1.77 bits per heavy atom. The first kappa shape index (κ1) is 12.8. The van der Waals surface area contributed by atoms with Crippen LogP contribution in [-0.2, 0) is 0 Å². The standard InChI is InChI=1S/C16H14N4O2/c1-19-8-9-20(16(21)13-7-4-10-22-13)15-14(19)17-11-5-2-3-6-12(11)18-15/h2-7,10H,8-9H2,1H3. The summed E-state index contributed by atoms with van der Waals surface area (Å²) in [6.07, 6.45) is 1.50. The largest absolute Gasteiger partial charge is 0.459 e. The molecule has 1 aromatic carbocycles. The second-order valence-corrected chi connectivity index (χ2v) is 5.22. The van der Waals surface area contributed by atoms with Crippen LogP contribution in [-0.4, -0.2) is 36.0 Å². The lowest BCUT2D eigenvalue weighted by molar-refractivity contribution is 0.0959. The number of hydrogen-bond acceptors (Lipinski definition) is 5. The number of aromatic nitrogens is 2. The Kier molecular flexibility index (Phi) is 2.82. The third kappa shape index (κ3) is 1.92. The number of rotatable bonds is 1. The molecule has 4 rings (SSSR count). The van der Waals surface area contributed by atoms with Crippen LogP contribution in [0.25, 0.3) is 11.0 Å². The van der Waals surface area contributed by atoms with Gasteiger partial charge in [-0.05, 0) is 24.3 Å². The number of likely N-dealkylation sites (N-methyl/N-ethyl adjacent to an activating group) is 1. The van der Waals surface area contributed by atoms with Crippen molar-refractivity contribution < 1.29 is 9.21 Å². The van der Waals surface area contributed by atoms with Gasteiger partial charge in [-0.1, -0.05) is 12.1 Å². The number of benzene rings is 1. The molecule has 2 aromatic heterocycles. The minimum absolute atomic E-state index is 0.191. The van der Waals surface area contributed by atoms with Crippen molar-refractivity contribution in [3.8, 4) is 0 Å². The van der Waals surface area contributed by atoms with Crippen molar-refractivity contribution in [2.45, 2.75) is 0 Å². The number of anilines is 2. The fourth-order valence-corrected chi connectivity index (χ4v) is 2.61. The van der Waals surface area contributed by atoms with Crippen molar-refractivity contribution in [2.24, 2.45) is 0 Å². The molecular formula is C16H14N4O2. The van der Waals surface area contributed by atoms with Crippen molar-refractivity contribution in [1.29, 1.82) is 0 Å². The second-order valence-electron chi connectivity index (χ2n) is 5.22. The fraction of sp³-hybridized carbons (Fsp3) is 0.188. The molecule has 22 heavy (non-hydrogen) atoms. The van der Waals surface area contributed by atoms with Crippen LogP contribution in [0.15, 0.2) is 47.1 Å². The highest BCUT2D eigenvalue weighted by Crippen LogP contribution is 2.31. The third-order valence-electron chi connectivity index (χ3n) is 3.79. The first-order valence-electron chi connectivity index (χ1n) is 7.07. The van der Waals surface area contributed by atoms with Gasteiger partial charge >= 0.3 is 0 Å². The Balaban J connectivity index is 1.86. The van der Waals surface area contributed by atoms with E-state index in [0.717, 1.165) is 11.0 Å². The van der Waals surface area contributed by atoms with Crippen molar-refractivity contribution in [3.05, 3.63) is 48.4 Å². The van der Waals surface area contributed by atoms with E-state index in [1.807, 2.05) is 36.2 Å². The van der Waals surface area contributed by atoms with E-state index in [0.29, 0.717) is 30.5 Å². The zero-order valence-electron chi connectivity index (χ0n) is 12.1. The van der Waals surface area contributed by atoms with Crippen molar-refractivity contribution in [1.82, 2.24) is 9.97 Å². The smallest absolute Gasteiger partial charge is 0.295 e.